The first-order valence-electron chi connectivity index (χ1n) is 6.39. The van der Waals surface area contributed by atoms with Gasteiger partial charge in [0.25, 0.3) is 0 Å². The van der Waals surface area contributed by atoms with Crippen LogP contribution >= 0.6 is 0 Å². The number of nitrogens with zero attached hydrogens (tertiary/aromatic N) is 1. The van der Waals surface area contributed by atoms with E-state index in [2.05, 4.69) is 10.6 Å². The van der Waals surface area contributed by atoms with Gasteiger partial charge in [-0.15, -0.1) is 0 Å². The number of aliphatic hydroxyl groups excluding tert-OH is 1. The second-order valence-electron chi connectivity index (χ2n) is 4.99. The Morgan fingerprint density at radius 2 is 1.84 bits per heavy atom. The van der Waals surface area contributed by atoms with E-state index in [1.54, 1.807) is 0 Å². The van der Waals surface area contributed by atoms with Crippen molar-refractivity contribution in [3.8, 4) is 0 Å². The van der Waals surface area contributed by atoms with Gasteiger partial charge in [-0.05, 0) is 37.1 Å². The smallest absolute Gasteiger partial charge is 0.319 e. The highest BCUT2D eigenvalue weighted by Crippen LogP contribution is 2.15. The number of amides is 2. The Bertz CT molecular complexity index is 404. The lowest BCUT2D eigenvalue weighted by Crippen LogP contribution is -2.40. The highest BCUT2D eigenvalue weighted by molar-refractivity contribution is 5.89. The number of nitrogens with one attached hydrogen (secondary N) is 2. The predicted octanol–water partition coefficient (Wildman–Crippen LogP) is 1.89. The maximum absolute atomic E-state index is 11.7. The Labute approximate surface area is 114 Å². The summed E-state index contributed by atoms with van der Waals surface area (Å²) in [6.07, 6.45) is 0. The van der Waals surface area contributed by atoms with Crippen LogP contribution in [-0.2, 0) is 0 Å². The Morgan fingerprint density at radius 3 is 2.32 bits per heavy atom. The van der Waals surface area contributed by atoms with Gasteiger partial charge in [-0.3, -0.25) is 0 Å². The number of anilines is 2. The summed E-state index contributed by atoms with van der Waals surface area (Å²) in [4.78, 5) is 13.7. The van der Waals surface area contributed by atoms with Crippen molar-refractivity contribution < 1.29 is 9.90 Å². The zero-order chi connectivity index (χ0) is 14.4. The molecule has 0 spiro atoms. The Hall–Kier alpha value is -1.75. The molecule has 19 heavy (non-hydrogen) atoms. The van der Waals surface area contributed by atoms with Crippen molar-refractivity contribution in [2.45, 2.75) is 19.9 Å². The molecule has 5 nitrogen and oxygen atoms in total. The van der Waals surface area contributed by atoms with Crippen molar-refractivity contribution in [1.82, 2.24) is 5.32 Å². The zero-order valence-corrected chi connectivity index (χ0v) is 12.0. The van der Waals surface area contributed by atoms with Crippen molar-refractivity contribution in [3.63, 3.8) is 0 Å². The molecule has 0 aromatic heterocycles. The van der Waals surface area contributed by atoms with E-state index in [1.807, 2.05) is 57.1 Å². The molecule has 1 rings (SSSR count). The quantitative estimate of drug-likeness (QED) is 0.761. The molecule has 1 aromatic rings. The molecule has 2 atom stereocenters. The lowest BCUT2D eigenvalue weighted by molar-refractivity contribution is 0.204. The molecule has 3 N–H and O–H groups in total. The number of benzene rings is 1. The summed E-state index contributed by atoms with van der Waals surface area (Å²) in [5.41, 5.74) is 1.82. The van der Waals surface area contributed by atoms with E-state index < -0.39 is 0 Å². The Kier molecular flexibility index (Phi) is 5.63. The van der Waals surface area contributed by atoms with Gasteiger partial charge in [0.2, 0.25) is 0 Å². The second kappa shape index (κ2) is 6.99. The summed E-state index contributed by atoms with van der Waals surface area (Å²) in [6.45, 7) is 3.81. The van der Waals surface area contributed by atoms with Gasteiger partial charge in [0.1, 0.15) is 0 Å². The molecule has 0 saturated carbocycles. The maximum Gasteiger partial charge on any atom is 0.319 e. The van der Waals surface area contributed by atoms with Crippen LogP contribution in [0.25, 0.3) is 0 Å². The lowest BCUT2D eigenvalue weighted by atomic mass is 10.1. The second-order valence-corrected chi connectivity index (χ2v) is 4.99. The third kappa shape index (κ3) is 4.79. The number of aliphatic hydroxyl groups is 1. The molecule has 5 heteroatoms. The number of carbonyl (C=O) groups excluding carboxylic acids is 1. The lowest BCUT2D eigenvalue weighted by Gasteiger charge is -2.19. The molecule has 1 aromatic carbocycles. The summed E-state index contributed by atoms with van der Waals surface area (Å²) in [5.74, 6) is 0.0295. The summed E-state index contributed by atoms with van der Waals surface area (Å²) in [7, 11) is 3.93. The third-order valence-corrected chi connectivity index (χ3v) is 3.14. The van der Waals surface area contributed by atoms with Gasteiger partial charge >= 0.3 is 6.03 Å². The molecule has 0 fully saturated rings. The highest BCUT2D eigenvalue weighted by Gasteiger charge is 2.13. The number of carbonyl (C=O) groups is 1. The largest absolute Gasteiger partial charge is 0.396 e. The first-order valence-corrected chi connectivity index (χ1v) is 6.39. The minimum atomic E-state index is -0.259. The zero-order valence-electron chi connectivity index (χ0n) is 12.0. The maximum atomic E-state index is 11.7. The standard InChI is InChI=1S/C14H23N3O2/c1-10(9-18)11(2)15-14(19)16-12-5-7-13(8-6-12)17(3)4/h5-8,10-11,18H,9H2,1-4H3,(H2,15,16,19). The van der Waals surface area contributed by atoms with Crippen molar-refractivity contribution in [1.29, 1.82) is 0 Å². The van der Waals surface area contributed by atoms with Gasteiger partial charge in [0.15, 0.2) is 0 Å². The molecule has 0 aliphatic carbocycles. The number of hydrogen-bond donors (Lipinski definition) is 3. The van der Waals surface area contributed by atoms with Crippen LogP contribution in [0.4, 0.5) is 16.2 Å². The third-order valence-electron chi connectivity index (χ3n) is 3.14. The fraction of sp³-hybridized carbons (Fsp3) is 0.500. The molecular formula is C14H23N3O2. The van der Waals surface area contributed by atoms with E-state index in [4.69, 9.17) is 5.11 Å². The molecule has 0 bridgehead atoms. The fourth-order valence-electron chi connectivity index (χ4n) is 1.52. The van der Waals surface area contributed by atoms with Gasteiger partial charge in [0.05, 0.1) is 0 Å². The number of hydrogen-bond acceptors (Lipinski definition) is 3. The van der Waals surface area contributed by atoms with Crippen LogP contribution in [0, 0.1) is 5.92 Å². The molecule has 0 aliphatic rings. The molecule has 0 aliphatic heterocycles. The van der Waals surface area contributed by atoms with E-state index >= 15 is 0 Å². The van der Waals surface area contributed by atoms with Gasteiger partial charge < -0.3 is 20.6 Å². The molecular weight excluding hydrogens is 242 g/mol. The predicted molar refractivity (Wildman–Crippen MR) is 78.6 cm³/mol. The van der Waals surface area contributed by atoms with E-state index in [0.717, 1.165) is 11.4 Å². The first-order chi connectivity index (χ1) is 8.93. The van der Waals surface area contributed by atoms with Crippen LogP contribution in [0.2, 0.25) is 0 Å². The van der Waals surface area contributed by atoms with E-state index in [-0.39, 0.29) is 24.6 Å². The summed E-state index contributed by atoms with van der Waals surface area (Å²) in [5, 5.41) is 14.6. The Balaban J connectivity index is 2.52. The van der Waals surface area contributed by atoms with Crippen molar-refractivity contribution in [2.75, 3.05) is 30.9 Å². The number of rotatable bonds is 5. The minimum absolute atomic E-state index is 0.0295. The minimum Gasteiger partial charge on any atom is -0.396 e. The van der Waals surface area contributed by atoms with Crippen LogP contribution < -0.4 is 15.5 Å². The molecule has 0 heterocycles. The van der Waals surface area contributed by atoms with Crippen LogP contribution in [-0.4, -0.2) is 37.9 Å². The molecule has 2 unspecified atom stereocenters. The van der Waals surface area contributed by atoms with Crippen molar-refractivity contribution in [3.05, 3.63) is 24.3 Å². The molecule has 106 valence electrons. The normalized spacial score (nSPS) is 13.5. The van der Waals surface area contributed by atoms with E-state index in [1.165, 1.54) is 0 Å². The van der Waals surface area contributed by atoms with Crippen molar-refractivity contribution >= 4 is 17.4 Å². The van der Waals surface area contributed by atoms with Crippen molar-refractivity contribution in [2.24, 2.45) is 5.92 Å². The SMILES string of the molecule is CC(CO)C(C)NC(=O)Nc1ccc(N(C)C)cc1. The van der Waals surface area contributed by atoms with Crippen LogP contribution in [0.3, 0.4) is 0 Å². The fourth-order valence-corrected chi connectivity index (χ4v) is 1.52. The van der Waals surface area contributed by atoms with E-state index in [0.29, 0.717) is 0 Å². The molecule has 0 saturated heterocycles. The summed E-state index contributed by atoms with van der Waals surface area (Å²) < 4.78 is 0. The number of urea groups is 1. The van der Waals surface area contributed by atoms with E-state index in [9.17, 15) is 4.79 Å². The average Bonchev–Trinajstić information content (AvgIpc) is 2.38. The average molecular weight is 265 g/mol. The first kappa shape index (κ1) is 15.3. The molecule has 2 amide bonds. The van der Waals surface area contributed by atoms with Crippen LogP contribution in [0.5, 0.6) is 0 Å². The topological polar surface area (TPSA) is 64.6 Å². The Morgan fingerprint density at radius 1 is 1.26 bits per heavy atom. The van der Waals surface area contributed by atoms with Crippen LogP contribution in [0.1, 0.15) is 13.8 Å². The summed E-state index contributed by atoms with van der Waals surface area (Å²) >= 11 is 0. The summed E-state index contributed by atoms with van der Waals surface area (Å²) in [6, 6.07) is 7.26. The molecule has 0 radical (unpaired) electrons. The highest BCUT2D eigenvalue weighted by atomic mass is 16.3. The van der Waals surface area contributed by atoms with Gasteiger partial charge in [-0.2, -0.15) is 0 Å². The van der Waals surface area contributed by atoms with Crippen LogP contribution in [0.15, 0.2) is 24.3 Å². The van der Waals surface area contributed by atoms with Gasteiger partial charge in [0, 0.05) is 38.1 Å². The van der Waals surface area contributed by atoms with Gasteiger partial charge in [-0.25, -0.2) is 4.79 Å². The monoisotopic (exact) mass is 265 g/mol. The van der Waals surface area contributed by atoms with Gasteiger partial charge in [-0.1, -0.05) is 6.92 Å².